The Kier molecular flexibility index (Phi) is 4.17. The number of hydrogen-bond donors (Lipinski definition) is 3. The maximum Gasteiger partial charge on any atom is 0.160 e. The Labute approximate surface area is 137 Å². The van der Waals surface area contributed by atoms with Crippen LogP contribution in [0.4, 0.5) is 11.6 Å². The maximum atomic E-state index is 4.56. The minimum absolute atomic E-state index is 0.500. The molecule has 0 fully saturated rings. The number of hydrogen-bond acceptors (Lipinski definition) is 5. The lowest BCUT2D eigenvalue weighted by atomic mass is 9.99. The second kappa shape index (κ2) is 6.12. The van der Waals surface area contributed by atoms with Gasteiger partial charge in [0.1, 0.15) is 0 Å². The van der Waals surface area contributed by atoms with Crippen molar-refractivity contribution in [1.29, 1.82) is 0 Å². The van der Waals surface area contributed by atoms with E-state index < -0.39 is 0 Å². The van der Waals surface area contributed by atoms with Crippen LogP contribution in [0.25, 0.3) is 11.1 Å². The third-order valence-corrected chi connectivity index (χ3v) is 4.67. The minimum atomic E-state index is 0.500. The first-order valence-electron chi connectivity index (χ1n) is 8.06. The third-order valence-electron chi connectivity index (χ3n) is 4.67. The van der Waals surface area contributed by atoms with E-state index >= 15 is 0 Å². The second-order valence-corrected chi connectivity index (χ2v) is 6.14. The number of nitrogens with zero attached hydrogens (tertiary/aromatic N) is 3. The molecule has 1 aliphatic carbocycles. The molecule has 0 bridgehead atoms. The first-order chi connectivity index (χ1) is 11.1. The van der Waals surface area contributed by atoms with Crippen LogP contribution in [0.3, 0.4) is 0 Å². The van der Waals surface area contributed by atoms with Crippen LogP contribution in [-0.4, -0.2) is 50.0 Å². The van der Waals surface area contributed by atoms with Gasteiger partial charge in [-0.3, -0.25) is 0 Å². The average Bonchev–Trinajstić information content (AvgIpc) is 3.14. The molecular weight excluding hydrogens is 288 g/mol. The van der Waals surface area contributed by atoms with Crippen molar-refractivity contribution in [3.05, 3.63) is 29.3 Å². The van der Waals surface area contributed by atoms with Crippen molar-refractivity contribution in [2.45, 2.75) is 18.9 Å². The summed E-state index contributed by atoms with van der Waals surface area (Å²) in [5, 5.41) is 11.0. The maximum absolute atomic E-state index is 4.56. The number of anilines is 2. The SMILES string of the molecule is CNc1nn(NC)c(NC)c1-c1ccc2c(c1)[C@@H](N(C)C)CC2. The zero-order valence-corrected chi connectivity index (χ0v) is 14.6. The van der Waals surface area contributed by atoms with Gasteiger partial charge >= 0.3 is 0 Å². The summed E-state index contributed by atoms with van der Waals surface area (Å²) in [4.78, 5) is 4.07. The van der Waals surface area contributed by atoms with Crippen LogP contribution in [0.2, 0.25) is 0 Å². The average molecular weight is 314 g/mol. The van der Waals surface area contributed by atoms with Crippen LogP contribution in [0, 0.1) is 0 Å². The van der Waals surface area contributed by atoms with Crippen molar-refractivity contribution in [3.8, 4) is 11.1 Å². The Bertz CT molecular complexity index is 703. The van der Waals surface area contributed by atoms with E-state index in [4.69, 9.17) is 0 Å². The smallest absolute Gasteiger partial charge is 0.160 e. The van der Waals surface area contributed by atoms with Gasteiger partial charge in [0.25, 0.3) is 0 Å². The largest absolute Gasteiger partial charge is 0.371 e. The van der Waals surface area contributed by atoms with Gasteiger partial charge < -0.3 is 21.0 Å². The normalized spacial score (nSPS) is 16.5. The van der Waals surface area contributed by atoms with Crippen molar-refractivity contribution < 1.29 is 0 Å². The van der Waals surface area contributed by atoms with Crippen LogP contribution >= 0.6 is 0 Å². The third kappa shape index (κ3) is 2.53. The molecule has 1 aromatic carbocycles. The number of aromatic nitrogens is 2. The van der Waals surface area contributed by atoms with E-state index in [1.54, 1.807) is 4.79 Å². The molecule has 0 amide bonds. The van der Waals surface area contributed by atoms with Gasteiger partial charge in [0.05, 0.1) is 5.56 Å². The van der Waals surface area contributed by atoms with E-state index in [9.17, 15) is 0 Å². The quantitative estimate of drug-likeness (QED) is 0.791. The lowest BCUT2D eigenvalue weighted by Gasteiger charge is -2.20. The van der Waals surface area contributed by atoms with Crippen molar-refractivity contribution in [2.24, 2.45) is 0 Å². The van der Waals surface area contributed by atoms with Crippen LogP contribution in [0.15, 0.2) is 18.2 Å². The Morgan fingerprint density at radius 3 is 2.57 bits per heavy atom. The fourth-order valence-electron chi connectivity index (χ4n) is 3.53. The van der Waals surface area contributed by atoms with E-state index in [0.29, 0.717) is 6.04 Å². The molecule has 0 spiro atoms. The number of fused-ring (bicyclic) bond motifs is 1. The van der Waals surface area contributed by atoms with Crippen LogP contribution in [0.5, 0.6) is 0 Å². The van der Waals surface area contributed by atoms with Gasteiger partial charge in [0.2, 0.25) is 0 Å². The summed E-state index contributed by atoms with van der Waals surface area (Å²) >= 11 is 0. The Balaban J connectivity index is 2.13. The Hall–Kier alpha value is -2.21. The molecule has 0 unspecified atom stereocenters. The fourth-order valence-corrected chi connectivity index (χ4v) is 3.53. The van der Waals surface area contributed by atoms with Gasteiger partial charge in [0, 0.05) is 27.2 Å². The number of aryl methyl sites for hydroxylation is 1. The minimum Gasteiger partial charge on any atom is -0.371 e. The van der Waals surface area contributed by atoms with Crippen molar-refractivity contribution in [1.82, 2.24) is 14.8 Å². The topological polar surface area (TPSA) is 57.2 Å². The lowest BCUT2D eigenvalue weighted by molar-refractivity contribution is 0.299. The molecule has 23 heavy (non-hydrogen) atoms. The molecule has 0 saturated carbocycles. The van der Waals surface area contributed by atoms with E-state index in [0.717, 1.165) is 23.6 Å². The molecule has 0 aliphatic heterocycles. The second-order valence-electron chi connectivity index (χ2n) is 6.14. The van der Waals surface area contributed by atoms with Gasteiger partial charge in [0.15, 0.2) is 11.6 Å². The first-order valence-corrected chi connectivity index (χ1v) is 8.06. The highest BCUT2D eigenvalue weighted by molar-refractivity contribution is 5.86. The monoisotopic (exact) mass is 314 g/mol. The van der Waals surface area contributed by atoms with Crippen LogP contribution in [0.1, 0.15) is 23.6 Å². The fraction of sp³-hybridized carbons (Fsp3) is 0.471. The van der Waals surface area contributed by atoms with E-state index in [2.05, 4.69) is 58.4 Å². The van der Waals surface area contributed by atoms with Gasteiger partial charge in [-0.15, -0.1) is 5.10 Å². The molecule has 2 aromatic rings. The number of nitrogens with one attached hydrogen (secondary N) is 3. The molecule has 1 heterocycles. The van der Waals surface area contributed by atoms with E-state index in [1.165, 1.54) is 23.1 Å². The molecule has 6 nitrogen and oxygen atoms in total. The molecular formula is C17H26N6. The highest BCUT2D eigenvalue weighted by Crippen LogP contribution is 2.40. The Morgan fingerprint density at radius 2 is 1.96 bits per heavy atom. The van der Waals surface area contributed by atoms with Crippen molar-refractivity contribution in [2.75, 3.05) is 51.3 Å². The molecule has 6 heteroatoms. The molecule has 1 aromatic heterocycles. The van der Waals surface area contributed by atoms with E-state index in [-0.39, 0.29) is 0 Å². The van der Waals surface area contributed by atoms with E-state index in [1.807, 2.05) is 21.1 Å². The standard InChI is InChI=1S/C17H26N6/c1-18-16-15(17(19-2)23(20-3)21-16)12-7-6-11-8-9-14(22(4)5)13(11)10-12/h6-7,10,14,19-20H,8-9H2,1-5H3,(H,18,21)/t14-/m0/s1. The molecule has 124 valence electrons. The Morgan fingerprint density at radius 1 is 1.17 bits per heavy atom. The summed E-state index contributed by atoms with van der Waals surface area (Å²) in [7, 11) is 10.00. The van der Waals surface area contributed by atoms with Gasteiger partial charge in [-0.25, -0.2) is 0 Å². The molecule has 0 saturated heterocycles. The lowest BCUT2D eigenvalue weighted by Crippen LogP contribution is -2.17. The zero-order valence-electron chi connectivity index (χ0n) is 14.6. The number of benzene rings is 1. The number of rotatable bonds is 5. The predicted octanol–water partition coefficient (Wildman–Crippen LogP) is 2.36. The highest BCUT2D eigenvalue weighted by atomic mass is 15.6. The molecule has 3 rings (SSSR count). The summed E-state index contributed by atoms with van der Waals surface area (Å²) in [5.41, 5.74) is 8.27. The molecule has 3 N–H and O–H groups in total. The van der Waals surface area contributed by atoms with Crippen molar-refractivity contribution in [3.63, 3.8) is 0 Å². The molecule has 0 radical (unpaired) electrons. The summed E-state index contributed by atoms with van der Waals surface area (Å²) in [5.74, 6) is 1.82. The van der Waals surface area contributed by atoms with Gasteiger partial charge in [-0.1, -0.05) is 12.1 Å². The van der Waals surface area contributed by atoms with Crippen molar-refractivity contribution >= 4 is 11.6 Å². The predicted molar refractivity (Wildman–Crippen MR) is 96.8 cm³/mol. The van der Waals surface area contributed by atoms with Crippen LogP contribution < -0.4 is 16.1 Å². The van der Waals surface area contributed by atoms with Gasteiger partial charge in [-0.05, 0) is 49.7 Å². The van der Waals surface area contributed by atoms with Gasteiger partial charge in [-0.2, -0.15) is 4.79 Å². The zero-order chi connectivity index (χ0) is 16.6. The summed E-state index contributed by atoms with van der Waals surface area (Å²) in [6.45, 7) is 0. The molecule has 1 aliphatic rings. The summed E-state index contributed by atoms with van der Waals surface area (Å²) < 4.78 is 0. The summed E-state index contributed by atoms with van der Waals surface area (Å²) in [6, 6.07) is 7.30. The first kappa shape index (κ1) is 15.7. The highest BCUT2D eigenvalue weighted by Gasteiger charge is 2.26. The molecule has 1 atom stereocenters. The van der Waals surface area contributed by atoms with Crippen LogP contribution in [-0.2, 0) is 6.42 Å². The summed E-state index contributed by atoms with van der Waals surface area (Å²) in [6.07, 6.45) is 2.35.